The highest BCUT2D eigenvalue weighted by Crippen LogP contribution is 2.43. The maximum Gasteiger partial charge on any atom is 0.472 e. The van der Waals surface area contributed by atoms with Crippen LogP contribution in [0.15, 0.2) is 85.1 Å². The molecule has 410 valence electrons. The van der Waals surface area contributed by atoms with E-state index in [0.29, 0.717) is 17.4 Å². The van der Waals surface area contributed by atoms with Crippen LogP contribution in [0.3, 0.4) is 0 Å². The molecule has 0 spiro atoms. The van der Waals surface area contributed by atoms with Crippen molar-refractivity contribution in [2.75, 3.05) is 40.9 Å². The summed E-state index contributed by atoms with van der Waals surface area (Å²) in [7, 11) is 1.46. The Labute approximate surface area is 437 Å². The third kappa shape index (κ3) is 51.9. The molecule has 0 aliphatic heterocycles. The molecule has 0 aromatic heterocycles. The fourth-order valence-corrected chi connectivity index (χ4v) is 8.62. The first-order valence-corrected chi connectivity index (χ1v) is 30.4. The number of ether oxygens (including phenoxy) is 1. The minimum atomic E-state index is -4.46. The van der Waals surface area contributed by atoms with Crippen LogP contribution in [0.25, 0.3) is 0 Å². The van der Waals surface area contributed by atoms with E-state index in [-0.39, 0.29) is 31.5 Å². The lowest BCUT2D eigenvalue weighted by Gasteiger charge is -2.27. The molecule has 71 heavy (non-hydrogen) atoms. The van der Waals surface area contributed by atoms with Gasteiger partial charge in [0.25, 0.3) is 0 Å². The molecule has 2 N–H and O–H groups in total. The summed E-state index contributed by atoms with van der Waals surface area (Å²) in [4.78, 5) is 37.6. The highest BCUT2D eigenvalue weighted by atomic mass is 31.2. The van der Waals surface area contributed by atoms with Crippen LogP contribution in [-0.2, 0) is 27.9 Å². The van der Waals surface area contributed by atoms with Crippen molar-refractivity contribution in [3.05, 3.63) is 85.1 Å². The Morgan fingerprint density at radius 3 is 1.49 bits per heavy atom. The third-order valence-corrected chi connectivity index (χ3v) is 13.4. The summed E-state index contributed by atoms with van der Waals surface area (Å²) in [5.74, 6) is -0.547. The van der Waals surface area contributed by atoms with E-state index >= 15 is 0 Å². The fraction of sp³-hybridized carbons (Fsp3) is 0.738. The van der Waals surface area contributed by atoms with Gasteiger partial charge in [-0.25, -0.2) is 4.57 Å². The van der Waals surface area contributed by atoms with Crippen molar-refractivity contribution in [3.8, 4) is 0 Å². The molecule has 1 amide bonds. The van der Waals surface area contributed by atoms with Gasteiger partial charge in [0.1, 0.15) is 19.3 Å². The van der Waals surface area contributed by atoms with Crippen LogP contribution < -0.4 is 5.32 Å². The predicted molar refractivity (Wildman–Crippen MR) is 304 cm³/mol. The lowest BCUT2D eigenvalue weighted by Crippen LogP contribution is -2.47. The van der Waals surface area contributed by atoms with E-state index < -0.39 is 20.0 Å². The van der Waals surface area contributed by atoms with Crippen LogP contribution in [0.1, 0.15) is 239 Å². The normalized spacial score (nSPS) is 14.4. The maximum absolute atomic E-state index is 13.5. The first-order valence-electron chi connectivity index (χ1n) is 28.9. The molecular formula is C61H110N2O7P+. The first-order chi connectivity index (χ1) is 34.4. The number of nitrogens with one attached hydrogen (secondary N) is 1. The number of esters is 1. The average molecular weight is 1010 g/mol. The molecule has 0 aliphatic carbocycles. The molecule has 0 saturated heterocycles. The van der Waals surface area contributed by atoms with Gasteiger partial charge in [0.05, 0.1) is 33.8 Å². The second-order valence-corrected chi connectivity index (χ2v) is 21.9. The largest absolute Gasteiger partial charge is 0.472 e. The number of carbonyl (C=O) groups is 2. The van der Waals surface area contributed by atoms with Gasteiger partial charge in [0.2, 0.25) is 5.91 Å². The molecule has 10 heteroatoms. The lowest BCUT2D eigenvalue weighted by atomic mass is 10.0. The quantitative estimate of drug-likeness (QED) is 0.0156. The van der Waals surface area contributed by atoms with E-state index in [1.807, 2.05) is 33.3 Å². The summed E-state index contributed by atoms with van der Waals surface area (Å²) in [6.07, 6.45) is 65.7. The van der Waals surface area contributed by atoms with Crippen LogP contribution in [0.4, 0.5) is 0 Å². The number of carbonyl (C=O) groups excluding carboxylic acids is 2. The molecule has 9 nitrogen and oxygen atoms in total. The average Bonchev–Trinajstić information content (AvgIpc) is 3.33. The number of hydrogen-bond acceptors (Lipinski definition) is 6. The summed E-state index contributed by atoms with van der Waals surface area (Å²) < 4.78 is 30.6. The van der Waals surface area contributed by atoms with Gasteiger partial charge in [0, 0.05) is 12.8 Å². The van der Waals surface area contributed by atoms with Crippen LogP contribution in [0.2, 0.25) is 0 Å². The molecule has 0 radical (unpaired) electrons. The Balaban J connectivity index is 5.43. The number of hydrogen-bond donors (Lipinski definition) is 2. The van der Waals surface area contributed by atoms with Crippen molar-refractivity contribution >= 4 is 19.7 Å². The maximum atomic E-state index is 13.5. The summed E-state index contributed by atoms with van der Waals surface area (Å²) in [6.45, 7) is 6.82. The fourth-order valence-electron chi connectivity index (χ4n) is 7.89. The number of amides is 1. The van der Waals surface area contributed by atoms with Crippen molar-refractivity contribution in [1.82, 2.24) is 5.32 Å². The monoisotopic (exact) mass is 1010 g/mol. The van der Waals surface area contributed by atoms with Gasteiger partial charge in [-0.2, -0.15) is 0 Å². The Morgan fingerprint density at radius 2 is 0.958 bits per heavy atom. The lowest BCUT2D eigenvalue weighted by molar-refractivity contribution is -0.870. The van der Waals surface area contributed by atoms with Gasteiger partial charge in [-0.1, -0.05) is 222 Å². The second kappa shape index (κ2) is 50.7. The third-order valence-electron chi connectivity index (χ3n) is 12.4. The highest BCUT2D eigenvalue weighted by molar-refractivity contribution is 7.47. The Morgan fingerprint density at radius 1 is 0.521 bits per heavy atom. The van der Waals surface area contributed by atoms with Crippen molar-refractivity contribution in [1.29, 1.82) is 0 Å². The van der Waals surface area contributed by atoms with Gasteiger partial charge >= 0.3 is 13.8 Å². The van der Waals surface area contributed by atoms with Crippen LogP contribution in [0.5, 0.6) is 0 Å². The van der Waals surface area contributed by atoms with Gasteiger partial charge in [-0.15, -0.1) is 0 Å². The van der Waals surface area contributed by atoms with Gasteiger partial charge in [-0.3, -0.25) is 18.6 Å². The Kier molecular flexibility index (Phi) is 48.7. The van der Waals surface area contributed by atoms with Crippen molar-refractivity contribution in [2.45, 2.75) is 251 Å². The van der Waals surface area contributed by atoms with E-state index in [4.69, 9.17) is 13.8 Å². The number of rotatable bonds is 51. The zero-order valence-corrected chi connectivity index (χ0v) is 47.6. The van der Waals surface area contributed by atoms with Gasteiger partial charge < -0.3 is 19.4 Å². The van der Waals surface area contributed by atoms with Gasteiger partial charge in [-0.05, 0) is 89.5 Å². The molecule has 0 heterocycles. The SMILES string of the molecule is CC/C=C/C=C/C=C/CCCCCCCCCC(=O)OC(/C=C/CCCCCCCCCCCCC)C(COP(=O)(O)OCC[N+](C)(C)C)NC(=O)CCCCCC/C=C\C/C=C\C/C=C\CCCCC. The van der Waals surface area contributed by atoms with Gasteiger partial charge in [0.15, 0.2) is 0 Å². The molecule has 0 saturated carbocycles. The Hall–Kier alpha value is -2.81. The summed E-state index contributed by atoms with van der Waals surface area (Å²) in [5.41, 5.74) is 0. The van der Waals surface area contributed by atoms with Crippen LogP contribution in [-0.4, -0.2) is 74.3 Å². The predicted octanol–water partition coefficient (Wildman–Crippen LogP) is 17.4. The highest BCUT2D eigenvalue weighted by Gasteiger charge is 2.30. The standard InChI is InChI=1S/C61H109N2O7P/c1-7-10-13-16-19-22-25-28-30-31-33-35-38-41-44-47-50-53-60(64)62-58(57-69-71(66,67)68-56-55-63(4,5)6)59(52-49-46-43-40-37-34-27-24-21-18-15-12-9-3)70-61(65)54-51-48-45-42-39-36-32-29-26-23-20-17-14-11-8-2/h11,14,17,19-20,22-23,26,28,30,33,35,49,52,58-59H,7-10,12-13,15-16,18,21,24-25,27,29,31-32,34,36-48,50-51,53-57H2,1-6H3,(H-,62,64,66,67)/p+1/b14-11+,20-17+,22-19-,26-23+,30-28-,35-33-,52-49+. The molecule has 0 bridgehead atoms. The summed E-state index contributed by atoms with van der Waals surface area (Å²) in [5, 5.41) is 3.03. The van der Waals surface area contributed by atoms with E-state index in [9.17, 15) is 19.0 Å². The van der Waals surface area contributed by atoms with Crippen molar-refractivity contribution in [2.24, 2.45) is 0 Å². The second-order valence-electron chi connectivity index (χ2n) is 20.5. The molecular weight excluding hydrogens is 904 g/mol. The number of phosphoric acid groups is 1. The molecule has 0 aliphatic rings. The number of likely N-dealkylation sites (N-methyl/N-ethyl adjacent to an activating group) is 1. The van der Waals surface area contributed by atoms with E-state index in [1.54, 1.807) is 0 Å². The number of nitrogens with zero attached hydrogens (tertiary/aromatic N) is 1. The molecule has 0 fully saturated rings. The summed E-state index contributed by atoms with van der Waals surface area (Å²) >= 11 is 0. The minimum Gasteiger partial charge on any atom is -0.456 e. The van der Waals surface area contributed by atoms with Crippen LogP contribution >= 0.6 is 7.82 Å². The minimum absolute atomic E-state index is 0.0299. The van der Waals surface area contributed by atoms with Crippen LogP contribution in [0, 0.1) is 0 Å². The number of unbranched alkanes of at least 4 members (excludes halogenated alkanes) is 25. The number of allylic oxidation sites excluding steroid dienone is 13. The Bertz CT molecular complexity index is 1490. The smallest absolute Gasteiger partial charge is 0.456 e. The van der Waals surface area contributed by atoms with Crippen molar-refractivity contribution < 1.29 is 37.3 Å². The van der Waals surface area contributed by atoms with E-state index in [0.717, 1.165) is 103 Å². The first kappa shape index (κ1) is 68.2. The number of quaternary nitrogens is 1. The molecule has 0 aromatic carbocycles. The molecule has 3 atom stereocenters. The topological polar surface area (TPSA) is 111 Å². The zero-order chi connectivity index (χ0) is 52.2. The number of phosphoric ester groups is 1. The summed E-state index contributed by atoms with van der Waals surface area (Å²) in [6, 6.07) is -0.868. The molecule has 0 aromatic rings. The van der Waals surface area contributed by atoms with Crippen molar-refractivity contribution in [3.63, 3.8) is 0 Å². The molecule has 0 rings (SSSR count). The van der Waals surface area contributed by atoms with E-state index in [2.05, 4.69) is 99.0 Å². The van der Waals surface area contributed by atoms with E-state index in [1.165, 1.54) is 103 Å². The molecule has 3 unspecified atom stereocenters. The zero-order valence-electron chi connectivity index (χ0n) is 46.7.